The maximum absolute atomic E-state index is 13.3. The van der Waals surface area contributed by atoms with Crippen molar-refractivity contribution in [2.24, 2.45) is 0 Å². The number of carbonyl (C=O) groups is 2. The predicted molar refractivity (Wildman–Crippen MR) is 114 cm³/mol. The van der Waals surface area contributed by atoms with Crippen molar-refractivity contribution < 1.29 is 22.8 Å². The number of urea groups is 1. The van der Waals surface area contributed by atoms with Crippen molar-refractivity contribution in [2.45, 2.75) is 31.1 Å². The predicted octanol–water partition coefficient (Wildman–Crippen LogP) is 4.84. The molecule has 11 heteroatoms. The Hall–Kier alpha value is -2.52. The first-order valence-corrected chi connectivity index (χ1v) is 10.6. The molecule has 2 aliphatic rings. The second-order valence-electron chi connectivity index (χ2n) is 7.91. The molecule has 3 amide bonds. The van der Waals surface area contributed by atoms with Crippen molar-refractivity contribution in [3.8, 4) is 0 Å². The van der Waals surface area contributed by atoms with Gasteiger partial charge in [-0.3, -0.25) is 9.69 Å². The highest BCUT2D eigenvalue weighted by atomic mass is 35.5. The molecule has 1 aromatic carbocycles. The number of anilines is 1. The number of pyridine rings is 1. The summed E-state index contributed by atoms with van der Waals surface area (Å²) < 4.78 is 38.6. The number of amides is 3. The van der Waals surface area contributed by atoms with E-state index >= 15 is 0 Å². The fraction of sp³-hybridized carbons (Fsp3) is 0.381. The Morgan fingerprint density at radius 2 is 1.72 bits per heavy atom. The van der Waals surface area contributed by atoms with Crippen LogP contribution in [0.5, 0.6) is 0 Å². The topological polar surface area (TPSA) is 56.8 Å². The lowest BCUT2D eigenvalue weighted by Gasteiger charge is -2.41. The van der Waals surface area contributed by atoms with Crippen LogP contribution in [0.2, 0.25) is 10.0 Å². The van der Waals surface area contributed by atoms with Gasteiger partial charge in [0.15, 0.2) is 0 Å². The number of benzene rings is 1. The monoisotopic (exact) mass is 486 g/mol. The summed E-state index contributed by atoms with van der Waals surface area (Å²) in [6, 6.07) is 7.37. The molecule has 0 N–H and O–H groups in total. The first kappa shape index (κ1) is 22.7. The summed E-state index contributed by atoms with van der Waals surface area (Å²) in [6.45, 7) is 0.767. The minimum Gasteiger partial charge on any atom is -0.355 e. The van der Waals surface area contributed by atoms with E-state index in [1.165, 1.54) is 9.80 Å². The van der Waals surface area contributed by atoms with Crippen LogP contribution in [0.4, 0.5) is 23.8 Å². The maximum atomic E-state index is 13.3. The highest BCUT2D eigenvalue weighted by Crippen LogP contribution is 2.40. The van der Waals surface area contributed by atoms with Gasteiger partial charge in [-0.05, 0) is 36.6 Å². The van der Waals surface area contributed by atoms with Gasteiger partial charge >= 0.3 is 12.2 Å². The Morgan fingerprint density at radius 3 is 2.28 bits per heavy atom. The van der Waals surface area contributed by atoms with Crippen molar-refractivity contribution in [2.75, 3.05) is 25.0 Å². The normalized spacial score (nSPS) is 18.8. The molecule has 170 valence electrons. The largest absolute Gasteiger partial charge is 0.417 e. The van der Waals surface area contributed by atoms with E-state index in [2.05, 4.69) is 4.98 Å². The van der Waals surface area contributed by atoms with Gasteiger partial charge < -0.3 is 9.80 Å². The first-order chi connectivity index (χ1) is 15.0. The van der Waals surface area contributed by atoms with Crippen LogP contribution in [0.15, 0.2) is 36.5 Å². The van der Waals surface area contributed by atoms with Crippen molar-refractivity contribution >= 4 is 41.0 Å². The molecule has 1 aromatic heterocycles. The van der Waals surface area contributed by atoms with Gasteiger partial charge in [-0.15, -0.1) is 0 Å². The summed E-state index contributed by atoms with van der Waals surface area (Å²) in [5, 5.41) is 0.451. The summed E-state index contributed by atoms with van der Waals surface area (Å²) >= 11 is 12.0. The first-order valence-electron chi connectivity index (χ1n) is 9.85. The fourth-order valence-corrected chi connectivity index (χ4v) is 4.63. The number of halogens is 5. The molecular formula is C21H19Cl2F3N4O2. The maximum Gasteiger partial charge on any atom is 0.417 e. The third-order valence-corrected chi connectivity index (χ3v) is 6.63. The molecule has 0 radical (unpaired) electrons. The molecule has 2 aliphatic heterocycles. The summed E-state index contributed by atoms with van der Waals surface area (Å²) in [7, 11) is 1.60. The van der Waals surface area contributed by atoms with Gasteiger partial charge in [-0.1, -0.05) is 35.3 Å². The molecule has 0 unspecified atom stereocenters. The minimum atomic E-state index is -4.53. The van der Waals surface area contributed by atoms with Crippen LogP contribution in [-0.2, 0) is 17.5 Å². The number of likely N-dealkylation sites (N-methyl/N-ethyl adjacent to an activating group) is 1. The van der Waals surface area contributed by atoms with E-state index in [0.717, 1.165) is 17.8 Å². The highest BCUT2D eigenvalue weighted by molar-refractivity contribution is 6.33. The van der Waals surface area contributed by atoms with Gasteiger partial charge in [0.25, 0.3) is 5.91 Å². The molecule has 0 aliphatic carbocycles. The van der Waals surface area contributed by atoms with Crippen molar-refractivity contribution in [3.63, 3.8) is 0 Å². The lowest BCUT2D eigenvalue weighted by molar-refractivity contribution is -0.138. The standard InChI is InChI=1S/C21H19Cl2F3N4O2/c1-28-19(32)30(12-13-2-4-15(22)5-3-13)18(31)20(28)6-8-29(9-7-20)17-16(23)10-14(11-27-17)21(24,25)26/h2-5,10-11H,6-9,12H2,1H3. The number of hydrogen-bond acceptors (Lipinski definition) is 4. The number of nitrogens with zero attached hydrogens (tertiary/aromatic N) is 4. The minimum absolute atomic E-state index is 0.109. The van der Waals surface area contributed by atoms with Crippen LogP contribution in [0.25, 0.3) is 0 Å². The Kier molecular flexibility index (Phi) is 5.75. The quantitative estimate of drug-likeness (QED) is 0.582. The van der Waals surface area contributed by atoms with Crippen LogP contribution >= 0.6 is 23.2 Å². The molecule has 32 heavy (non-hydrogen) atoms. The molecule has 3 heterocycles. The third kappa shape index (κ3) is 3.88. The zero-order valence-electron chi connectivity index (χ0n) is 17.0. The molecule has 6 nitrogen and oxygen atoms in total. The highest BCUT2D eigenvalue weighted by Gasteiger charge is 2.56. The van der Waals surface area contributed by atoms with Gasteiger partial charge in [-0.25, -0.2) is 9.78 Å². The van der Waals surface area contributed by atoms with Gasteiger partial charge in [0.05, 0.1) is 17.1 Å². The molecule has 2 aromatic rings. The second kappa shape index (κ2) is 8.12. The Bertz CT molecular complexity index is 1050. The van der Waals surface area contributed by atoms with Crippen molar-refractivity contribution in [1.29, 1.82) is 0 Å². The van der Waals surface area contributed by atoms with Crippen LogP contribution in [0, 0.1) is 0 Å². The number of carbonyl (C=O) groups excluding carboxylic acids is 2. The van der Waals surface area contributed by atoms with Gasteiger partial charge in [0.2, 0.25) is 0 Å². The SMILES string of the molecule is CN1C(=O)N(Cc2ccc(Cl)cc2)C(=O)C12CCN(c1ncc(C(F)(F)F)cc1Cl)CC2. The summed E-state index contributed by atoms with van der Waals surface area (Å²) in [5.41, 5.74) is -1.15. The number of piperidine rings is 1. The van der Waals surface area contributed by atoms with Crippen LogP contribution in [0.3, 0.4) is 0 Å². The molecule has 2 saturated heterocycles. The molecular weight excluding hydrogens is 468 g/mol. The molecule has 0 bridgehead atoms. The zero-order valence-corrected chi connectivity index (χ0v) is 18.5. The van der Waals surface area contributed by atoms with Gasteiger partial charge in [0, 0.05) is 31.4 Å². The van der Waals surface area contributed by atoms with E-state index in [-0.39, 0.29) is 29.3 Å². The Labute approximate surface area is 192 Å². The fourth-order valence-electron chi connectivity index (χ4n) is 4.21. The number of alkyl halides is 3. The van der Waals surface area contributed by atoms with Crippen LogP contribution in [0.1, 0.15) is 24.0 Å². The van der Waals surface area contributed by atoms with Crippen molar-refractivity contribution in [1.82, 2.24) is 14.8 Å². The summed E-state index contributed by atoms with van der Waals surface area (Å²) in [5.74, 6) is -0.0574. The van der Waals surface area contributed by atoms with E-state index in [4.69, 9.17) is 23.2 Å². The average molecular weight is 487 g/mol. The van der Waals surface area contributed by atoms with Crippen LogP contribution in [-0.4, -0.2) is 52.4 Å². The summed E-state index contributed by atoms with van der Waals surface area (Å²) in [4.78, 5) is 34.5. The molecule has 1 spiro atoms. The molecule has 4 rings (SSSR count). The number of aromatic nitrogens is 1. The van der Waals surface area contributed by atoms with E-state index in [0.29, 0.717) is 31.0 Å². The third-order valence-electron chi connectivity index (χ3n) is 6.10. The van der Waals surface area contributed by atoms with Gasteiger partial charge in [-0.2, -0.15) is 13.2 Å². The number of hydrogen-bond donors (Lipinski definition) is 0. The van der Waals surface area contributed by atoms with E-state index in [9.17, 15) is 22.8 Å². The van der Waals surface area contributed by atoms with Gasteiger partial charge in [0.1, 0.15) is 11.4 Å². The van der Waals surface area contributed by atoms with Crippen molar-refractivity contribution in [3.05, 3.63) is 57.7 Å². The zero-order chi connectivity index (χ0) is 23.3. The lowest BCUT2D eigenvalue weighted by Crippen LogP contribution is -2.55. The molecule has 2 fully saturated rings. The lowest BCUT2D eigenvalue weighted by atomic mass is 9.86. The second-order valence-corrected chi connectivity index (χ2v) is 8.75. The van der Waals surface area contributed by atoms with E-state index in [1.807, 2.05) is 0 Å². The average Bonchev–Trinajstić information content (AvgIpc) is 2.91. The number of imide groups is 1. The van der Waals surface area contributed by atoms with Crippen LogP contribution < -0.4 is 4.90 Å². The molecule has 0 saturated carbocycles. The van der Waals surface area contributed by atoms with E-state index in [1.54, 1.807) is 36.2 Å². The summed E-state index contributed by atoms with van der Waals surface area (Å²) in [6.07, 6.45) is -3.17. The number of rotatable bonds is 3. The van der Waals surface area contributed by atoms with E-state index < -0.39 is 17.3 Å². The smallest absolute Gasteiger partial charge is 0.355 e. The Balaban J connectivity index is 1.50. The Morgan fingerprint density at radius 1 is 1.09 bits per heavy atom. The molecule has 0 atom stereocenters.